The van der Waals surface area contributed by atoms with Crippen LogP contribution in [0.25, 0.3) is 0 Å². The van der Waals surface area contributed by atoms with E-state index >= 15 is 0 Å². The van der Waals surface area contributed by atoms with Crippen LogP contribution in [0.3, 0.4) is 0 Å². The Hall–Kier alpha value is -0.940. The van der Waals surface area contributed by atoms with Crippen molar-refractivity contribution in [1.82, 2.24) is 4.98 Å². The van der Waals surface area contributed by atoms with E-state index in [1.807, 2.05) is 18.4 Å². The molecule has 1 atom stereocenters. The molecule has 1 N–H and O–H groups in total. The van der Waals surface area contributed by atoms with Crippen LogP contribution in [0.5, 0.6) is 0 Å². The summed E-state index contributed by atoms with van der Waals surface area (Å²) in [5.74, 6) is -0.0327. The minimum absolute atomic E-state index is 0.150. The third-order valence-corrected chi connectivity index (χ3v) is 3.61. The van der Waals surface area contributed by atoms with E-state index in [9.17, 15) is 4.39 Å². The second kappa shape index (κ2) is 5.60. The van der Waals surface area contributed by atoms with Crippen molar-refractivity contribution in [3.05, 3.63) is 44.9 Å². The van der Waals surface area contributed by atoms with Gasteiger partial charge in [-0.1, -0.05) is 6.07 Å². The van der Waals surface area contributed by atoms with E-state index in [0.29, 0.717) is 10.3 Å². The van der Waals surface area contributed by atoms with Crippen molar-refractivity contribution in [2.75, 3.05) is 5.32 Å². The number of hydrogen-bond acceptors (Lipinski definition) is 3. The Labute approximate surface area is 112 Å². The van der Waals surface area contributed by atoms with Gasteiger partial charge in [0.15, 0.2) is 11.6 Å². The van der Waals surface area contributed by atoms with Gasteiger partial charge in [0.2, 0.25) is 0 Å². The van der Waals surface area contributed by atoms with Crippen LogP contribution in [0.15, 0.2) is 34.2 Å². The standard InChI is InChI=1S/C12H12BrFN2S/c1-8(5-10-3-2-4-17-10)16-12-11(14)6-9(13)7-15-12/h2-4,6-8H,5H2,1H3,(H,15,16). The predicted octanol–water partition coefficient (Wildman–Crippen LogP) is 4.09. The van der Waals surface area contributed by atoms with Crippen LogP contribution in [0.1, 0.15) is 11.8 Å². The first kappa shape index (κ1) is 12.5. The van der Waals surface area contributed by atoms with Gasteiger partial charge in [0.05, 0.1) is 0 Å². The molecular formula is C12H12BrFN2S. The van der Waals surface area contributed by atoms with E-state index < -0.39 is 0 Å². The molecule has 0 spiro atoms. The number of pyridine rings is 1. The molecule has 0 amide bonds. The molecule has 0 aliphatic heterocycles. The molecule has 2 rings (SSSR count). The number of hydrogen-bond donors (Lipinski definition) is 1. The molecule has 0 aliphatic carbocycles. The van der Waals surface area contributed by atoms with E-state index in [2.05, 4.69) is 32.3 Å². The summed E-state index contributed by atoms with van der Waals surface area (Å²) < 4.78 is 14.2. The average Bonchev–Trinajstić information content (AvgIpc) is 2.75. The molecule has 0 saturated carbocycles. The van der Waals surface area contributed by atoms with Gasteiger partial charge in [-0.3, -0.25) is 0 Å². The van der Waals surface area contributed by atoms with Crippen LogP contribution in [0.4, 0.5) is 10.2 Å². The normalized spacial score (nSPS) is 12.4. The van der Waals surface area contributed by atoms with E-state index in [0.717, 1.165) is 6.42 Å². The number of aromatic nitrogens is 1. The molecular weight excluding hydrogens is 303 g/mol. The maximum absolute atomic E-state index is 13.5. The minimum atomic E-state index is -0.336. The van der Waals surface area contributed by atoms with Gasteiger partial charge >= 0.3 is 0 Å². The minimum Gasteiger partial charge on any atom is -0.365 e. The van der Waals surface area contributed by atoms with Crippen molar-refractivity contribution >= 4 is 33.1 Å². The Balaban J connectivity index is 2.00. The smallest absolute Gasteiger partial charge is 0.166 e. The first-order valence-electron chi connectivity index (χ1n) is 5.25. The van der Waals surface area contributed by atoms with E-state index in [1.54, 1.807) is 17.5 Å². The van der Waals surface area contributed by atoms with Crippen LogP contribution < -0.4 is 5.32 Å². The second-order valence-electron chi connectivity index (χ2n) is 3.81. The van der Waals surface area contributed by atoms with Crippen molar-refractivity contribution in [3.63, 3.8) is 0 Å². The van der Waals surface area contributed by atoms with E-state index in [-0.39, 0.29) is 11.9 Å². The zero-order valence-electron chi connectivity index (χ0n) is 9.28. The Kier molecular flexibility index (Phi) is 4.12. The molecule has 1 unspecified atom stereocenters. The zero-order chi connectivity index (χ0) is 12.3. The molecule has 5 heteroatoms. The fraction of sp³-hybridized carbons (Fsp3) is 0.250. The van der Waals surface area contributed by atoms with Gasteiger partial charge in [0.1, 0.15) is 0 Å². The summed E-state index contributed by atoms with van der Waals surface area (Å²) in [5, 5.41) is 5.12. The largest absolute Gasteiger partial charge is 0.365 e. The Morgan fingerprint density at radius 2 is 2.41 bits per heavy atom. The fourth-order valence-corrected chi connectivity index (χ4v) is 2.67. The molecule has 0 saturated heterocycles. The highest BCUT2D eigenvalue weighted by molar-refractivity contribution is 9.10. The summed E-state index contributed by atoms with van der Waals surface area (Å²) in [5.41, 5.74) is 0. The molecule has 17 heavy (non-hydrogen) atoms. The molecule has 0 bridgehead atoms. The topological polar surface area (TPSA) is 24.9 Å². The highest BCUT2D eigenvalue weighted by atomic mass is 79.9. The van der Waals surface area contributed by atoms with E-state index in [1.165, 1.54) is 10.9 Å². The molecule has 0 fully saturated rings. The predicted molar refractivity (Wildman–Crippen MR) is 73.0 cm³/mol. The summed E-state index contributed by atoms with van der Waals surface area (Å²) >= 11 is 4.89. The Morgan fingerprint density at radius 3 is 3.06 bits per heavy atom. The molecule has 0 radical (unpaired) electrons. The molecule has 2 heterocycles. The van der Waals surface area contributed by atoms with Gasteiger partial charge < -0.3 is 5.32 Å². The lowest BCUT2D eigenvalue weighted by atomic mass is 10.2. The van der Waals surface area contributed by atoms with Crippen LogP contribution in [-0.4, -0.2) is 11.0 Å². The van der Waals surface area contributed by atoms with Crippen molar-refractivity contribution < 1.29 is 4.39 Å². The number of nitrogens with one attached hydrogen (secondary N) is 1. The number of thiophene rings is 1. The molecule has 90 valence electrons. The number of rotatable bonds is 4. The highest BCUT2D eigenvalue weighted by Gasteiger charge is 2.09. The third kappa shape index (κ3) is 3.51. The van der Waals surface area contributed by atoms with Crippen molar-refractivity contribution in [3.8, 4) is 0 Å². The van der Waals surface area contributed by atoms with Gasteiger partial charge in [0, 0.05) is 28.0 Å². The second-order valence-corrected chi connectivity index (χ2v) is 5.76. The SMILES string of the molecule is CC(Cc1cccs1)Nc1ncc(Br)cc1F. The zero-order valence-corrected chi connectivity index (χ0v) is 11.7. The average molecular weight is 315 g/mol. The van der Waals surface area contributed by atoms with Gasteiger partial charge in [0.25, 0.3) is 0 Å². The lowest BCUT2D eigenvalue weighted by Crippen LogP contribution is -2.19. The summed E-state index contributed by atoms with van der Waals surface area (Å²) in [7, 11) is 0. The Morgan fingerprint density at radius 1 is 1.59 bits per heavy atom. The summed E-state index contributed by atoms with van der Waals surface area (Å²) in [6.07, 6.45) is 2.46. The first-order chi connectivity index (χ1) is 8.15. The molecule has 2 aromatic heterocycles. The van der Waals surface area contributed by atoms with Crippen molar-refractivity contribution in [1.29, 1.82) is 0 Å². The van der Waals surface area contributed by atoms with Gasteiger partial charge in [-0.2, -0.15) is 0 Å². The van der Waals surface area contributed by atoms with Crippen LogP contribution >= 0.6 is 27.3 Å². The van der Waals surface area contributed by atoms with E-state index in [4.69, 9.17) is 0 Å². The monoisotopic (exact) mass is 314 g/mol. The molecule has 0 aromatic carbocycles. The summed E-state index contributed by atoms with van der Waals surface area (Å²) in [6.45, 7) is 2.02. The molecule has 2 aromatic rings. The fourth-order valence-electron chi connectivity index (χ4n) is 1.54. The summed E-state index contributed by atoms with van der Waals surface area (Å²) in [6, 6.07) is 5.66. The van der Waals surface area contributed by atoms with Crippen LogP contribution in [0.2, 0.25) is 0 Å². The van der Waals surface area contributed by atoms with Gasteiger partial charge in [-0.05, 0) is 40.4 Å². The maximum atomic E-state index is 13.5. The van der Waals surface area contributed by atoms with Crippen LogP contribution in [-0.2, 0) is 6.42 Å². The Bertz CT molecular complexity index is 487. The molecule has 0 aliphatic rings. The lowest BCUT2D eigenvalue weighted by molar-refractivity contribution is 0.618. The van der Waals surface area contributed by atoms with Crippen molar-refractivity contribution in [2.45, 2.75) is 19.4 Å². The maximum Gasteiger partial charge on any atom is 0.166 e. The number of anilines is 1. The number of halogens is 2. The third-order valence-electron chi connectivity index (χ3n) is 2.28. The first-order valence-corrected chi connectivity index (χ1v) is 6.92. The highest BCUT2D eigenvalue weighted by Crippen LogP contribution is 2.18. The van der Waals surface area contributed by atoms with Crippen LogP contribution in [0, 0.1) is 5.82 Å². The lowest BCUT2D eigenvalue weighted by Gasteiger charge is -2.14. The molecule has 2 nitrogen and oxygen atoms in total. The summed E-state index contributed by atoms with van der Waals surface area (Å²) in [4.78, 5) is 5.30. The quantitative estimate of drug-likeness (QED) is 0.919. The van der Waals surface area contributed by atoms with Crippen molar-refractivity contribution in [2.24, 2.45) is 0 Å². The van der Waals surface area contributed by atoms with Gasteiger partial charge in [-0.25, -0.2) is 9.37 Å². The van der Waals surface area contributed by atoms with Gasteiger partial charge in [-0.15, -0.1) is 11.3 Å². The number of nitrogens with zero attached hydrogens (tertiary/aromatic N) is 1.